The molecule has 1 N–H and O–H groups in total. The molecule has 1 aromatic rings. The van der Waals surface area contributed by atoms with Crippen molar-refractivity contribution in [3.8, 4) is 0 Å². The van der Waals surface area contributed by atoms with E-state index >= 15 is 0 Å². The monoisotopic (exact) mass is 344 g/mol. The largest absolute Gasteiger partial charge is 0.295 e. The van der Waals surface area contributed by atoms with E-state index in [2.05, 4.69) is 28.7 Å². The fraction of sp³-hybridized carbons (Fsp3) is 0.625. The van der Waals surface area contributed by atoms with Crippen LogP contribution in [0.4, 0.5) is 8.78 Å². The van der Waals surface area contributed by atoms with E-state index < -0.39 is 34.0 Å². The predicted molar refractivity (Wildman–Crippen MR) is 84.9 cm³/mol. The van der Waals surface area contributed by atoms with Gasteiger partial charge in [0, 0.05) is 38.0 Å². The molecule has 1 aromatic carbocycles. The summed E-state index contributed by atoms with van der Waals surface area (Å²) in [4.78, 5) is 2.22. The van der Waals surface area contributed by atoms with Crippen molar-refractivity contribution in [2.75, 3.05) is 13.1 Å². The summed E-state index contributed by atoms with van der Waals surface area (Å²) >= 11 is 0. The molecular formula is C16H22F2N2O2S. The maximum Gasteiger partial charge on any atom is 0.250 e. The molecule has 2 fully saturated rings. The number of benzene rings is 1. The molecule has 0 amide bonds. The van der Waals surface area contributed by atoms with Crippen LogP contribution in [0.25, 0.3) is 0 Å². The van der Waals surface area contributed by atoms with Gasteiger partial charge >= 0.3 is 0 Å². The minimum atomic E-state index is -3.65. The molecule has 0 spiro atoms. The van der Waals surface area contributed by atoms with Gasteiger partial charge in [-0.25, -0.2) is 21.9 Å². The van der Waals surface area contributed by atoms with E-state index in [0.29, 0.717) is 13.0 Å². The zero-order valence-electron chi connectivity index (χ0n) is 13.1. The standard InChI is InChI=1S/C16H22F2N2O2S/c1-12(13-5-3-2-4-6-13)20-8-7-14(11-20)19-23(21,22)15-9-16(17,18)10-15/h2-6,12,14-15,19H,7-11H2,1H3. The van der Waals surface area contributed by atoms with Gasteiger partial charge in [-0.2, -0.15) is 0 Å². The zero-order chi connectivity index (χ0) is 16.7. The van der Waals surface area contributed by atoms with Gasteiger partial charge in [0.05, 0.1) is 5.25 Å². The van der Waals surface area contributed by atoms with E-state index in [-0.39, 0.29) is 12.1 Å². The maximum absolute atomic E-state index is 12.9. The summed E-state index contributed by atoms with van der Waals surface area (Å²) in [6.07, 6.45) is -0.405. The number of halogens is 2. The lowest BCUT2D eigenvalue weighted by molar-refractivity contribution is -0.0688. The Balaban J connectivity index is 1.56. The molecule has 7 heteroatoms. The highest BCUT2D eigenvalue weighted by Crippen LogP contribution is 2.41. The first-order chi connectivity index (χ1) is 10.8. The molecule has 3 rings (SSSR count). The van der Waals surface area contributed by atoms with Crippen molar-refractivity contribution in [2.24, 2.45) is 0 Å². The Morgan fingerprint density at radius 3 is 2.52 bits per heavy atom. The number of hydrogen-bond donors (Lipinski definition) is 1. The Kier molecular flexibility index (Phi) is 4.46. The van der Waals surface area contributed by atoms with E-state index in [4.69, 9.17) is 0 Å². The van der Waals surface area contributed by atoms with Crippen LogP contribution in [0.2, 0.25) is 0 Å². The van der Waals surface area contributed by atoms with Gasteiger partial charge in [0.1, 0.15) is 0 Å². The number of likely N-dealkylation sites (tertiary alicyclic amines) is 1. The molecule has 2 aliphatic rings. The molecule has 2 atom stereocenters. The lowest BCUT2D eigenvalue weighted by atomic mass is 9.94. The summed E-state index contributed by atoms with van der Waals surface area (Å²) < 4.78 is 52.7. The molecule has 2 unspecified atom stereocenters. The lowest BCUT2D eigenvalue weighted by Gasteiger charge is -2.35. The van der Waals surface area contributed by atoms with Crippen molar-refractivity contribution < 1.29 is 17.2 Å². The molecular weight excluding hydrogens is 322 g/mol. The van der Waals surface area contributed by atoms with E-state index in [1.165, 1.54) is 5.56 Å². The second-order valence-corrected chi connectivity index (χ2v) is 8.61. The quantitative estimate of drug-likeness (QED) is 0.893. The predicted octanol–water partition coefficient (Wildman–Crippen LogP) is 2.54. The van der Waals surface area contributed by atoms with Crippen LogP contribution in [0, 0.1) is 0 Å². The maximum atomic E-state index is 12.9. The molecule has 128 valence electrons. The van der Waals surface area contributed by atoms with E-state index in [9.17, 15) is 17.2 Å². The first kappa shape index (κ1) is 16.8. The van der Waals surface area contributed by atoms with Crippen LogP contribution in [0.15, 0.2) is 30.3 Å². The molecule has 1 saturated carbocycles. The SMILES string of the molecule is CC(c1ccccc1)N1CCC(NS(=O)(=O)C2CC(F)(F)C2)C1. The molecule has 1 aliphatic heterocycles. The Hall–Kier alpha value is -1.05. The highest BCUT2D eigenvalue weighted by Gasteiger charge is 2.52. The second-order valence-electron chi connectivity index (χ2n) is 6.62. The van der Waals surface area contributed by atoms with Gasteiger partial charge in [-0.3, -0.25) is 4.90 Å². The minimum absolute atomic E-state index is 0.194. The van der Waals surface area contributed by atoms with Crippen molar-refractivity contribution in [2.45, 2.75) is 49.4 Å². The fourth-order valence-corrected chi connectivity index (χ4v) is 5.11. The van der Waals surface area contributed by atoms with Crippen LogP contribution >= 0.6 is 0 Å². The van der Waals surface area contributed by atoms with Crippen molar-refractivity contribution in [3.05, 3.63) is 35.9 Å². The van der Waals surface area contributed by atoms with E-state index in [1.54, 1.807) is 0 Å². The first-order valence-corrected chi connectivity index (χ1v) is 9.49. The molecule has 23 heavy (non-hydrogen) atoms. The summed E-state index contributed by atoms with van der Waals surface area (Å²) in [6.45, 7) is 3.50. The average molecular weight is 344 g/mol. The topological polar surface area (TPSA) is 49.4 Å². The number of hydrogen-bond acceptors (Lipinski definition) is 3. The molecule has 0 aromatic heterocycles. The first-order valence-electron chi connectivity index (χ1n) is 7.95. The van der Waals surface area contributed by atoms with Crippen LogP contribution < -0.4 is 4.72 Å². The van der Waals surface area contributed by atoms with Gasteiger partial charge in [0.15, 0.2) is 0 Å². The van der Waals surface area contributed by atoms with Gasteiger partial charge in [0.25, 0.3) is 5.92 Å². The number of alkyl halides is 2. The van der Waals surface area contributed by atoms with Gasteiger partial charge in [-0.05, 0) is 18.9 Å². The van der Waals surface area contributed by atoms with Crippen LogP contribution in [0.3, 0.4) is 0 Å². The molecule has 1 saturated heterocycles. The Bertz CT molecular complexity index is 643. The molecule has 1 heterocycles. The smallest absolute Gasteiger partial charge is 0.250 e. The van der Waals surface area contributed by atoms with Gasteiger partial charge in [0.2, 0.25) is 10.0 Å². The normalized spacial score (nSPS) is 26.8. The van der Waals surface area contributed by atoms with E-state index in [1.807, 2.05) is 18.2 Å². The van der Waals surface area contributed by atoms with Crippen molar-refractivity contribution >= 4 is 10.0 Å². The van der Waals surface area contributed by atoms with Gasteiger partial charge < -0.3 is 0 Å². The Morgan fingerprint density at radius 2 is 1.91 bits per heavy atom. The summed E-state index contributed by atoms with van der Waals surface area (Å²) in [5.41, 5.74) is 1.19. The van der Waals surface area contributed by atoms with Crippen LogP contribution in [0.1, 0.15) is 37.8 Å². The second kappa shape index (κ2) is 6.11. The van der Waals surface area contributed by atoms with Gasteiger partial charge in [-0.15, -0.1) is 0 Å². The van der Waals surface area contributed by atoms with Crippen molar-refractivity contribution in [3.63, 3.8) is 0 Å². The fourth-order valence-electron chi connectivity index (χ4n) is 3.33. The summed E-state index contributed by atoms with van der Waals surface area (Å²) in [7, 11) is -3.65. The summed E-state index contributed by atoms with van der Waals surface area (Å²) in [6, 6.07) is 10.1. The zero-order valence-corrected chi connectivity index (χ0v) is 13.9. The Labute approximate surface area is 135 Å². The Morgan fingerprint density at radius 1 is 1.26 bits per heavy atom. The number of nitrogens with zero attached hydrogens (tertiary/aromatic N) is 1. The van der Waals surface area contributed by atoms with E-state index in [0.717, 1.165) is 6.54 Å². The lowest BCUT2D eigenvalue weighted by Crippen LogP contribution is -2.51. The van der Waals surface area contributed by atoms with Crippen LogP contribution in [0.5, 0.6) is 0 Å². The summed E-state index contributed by atoms with van der Waals surface area (Å²) in [5, 5.41) is -0.946. The third-order valence-electron chi connectivity index (χ3n) is 4.87. The molecule has 0 radical (unpaired) electrons. The van der Waals surface area contributed by atoms with Gasteiger partial charge in [-0.1, -0.05) is 30.3 Å². The molecule has 0 bridgehead atoms. The highest BCUT2D eigenvalue weighted by molar-refractivity contribution is 7.90. The molecule has 1 aliphatic carbocycles. The number of nitrogens with one attached hydrogen (secondary N) is 1. The number of rotatable bonds is 5. The van der Waals surface area contributed by atoms with Crippen molar-refractivity contribution in [1.29, 1.82) is 0 Å². The van der Waals surface area contributed by atoms with Crippen LogP contribution in [-0.4, -0.2) is 43.6 Å². The third-order valence-corrected chi connectivity index (χ3v) is 6.74. The minimum Gasteiger partial charge on any atom is -0.295 e. The average Bonchev–Trinajstić information content (AvgIpc) is 2.92. The molecule has 4 nitrogen and oxygen atoms in total. The highest BCUT2D eigenvalue weighted by atomic mass is 32.2. The third kappa shape index (κ3) is 3.72. The van der Waals surface area contributed by atoms with Crippen molar-refractivity contribution in [1.82, 2.24) is 9.62 Å². The number of sulfonamides is 1. The summed E-state index contributed by atoms with van der Waals surface area (Å²) in [5.74, 6) is -2.82. The van der Waals surface area contributed by atoms with Crippen LogP contribution in [-0.2, 0) is 10.0 Å².